The summed E-state index contributed by atoms with van der Waals surface area (Å²) in [6.45, 7) is 5.65. The molecule has 0 bridgehead atoms. The van der Waals surface area contributed by atoms with Crippen molar-refractivity contribution in [2.24, 2.45) is 0 Å². The number of carbonyl (C=O) groups excluding carboxylic acids is 1. The molecule has 0 aliphatic heterocycles. The number of benzene rings is 1. The third kappa shape index (κ3) is 5.22. The van der Waals surface area contributed by atoms with Crippen molar-refractivity contribution in [3.8, 4) is 5.75 Å². The first-order chi connectivity index (χ1) is 10.1. The first-order valence-corrected chi connectivity index (χ1v) is 8.91. The van der Waals surface area contributed by atoms with E-state index in [1.54, 1.807) is 12.1 Å². The molecule has 0 spiro atoms. The van der Waals surface area contributed by atoms with Crippen LogP contribution in [0.5, 0.6) is 5.75 Å². The molecule has 1 N–H and O–H groups in total. The lowest BCUT2D eigenvalue weighted by atomic mass is 10.2. The molecular weight excluding hydrogens is 304 g/mol. The second kappa shape index (κ2) is 7.49. The predicted molar refractivity (Wildman–Crippen MR) is 87.8 cm³/mol. The number of anilines is 1. The van der Waals surface area contributed by atoms with E-state index in [4.69, 9.17) is 4.74 Å². The number of carbonyl (C=O) groups is 1. The number of rotatable bonds is 7. The molecule has 1 amide bonds. The average molecular weight is 328 g/mol. The summed E-state index contributed by atoms with van der Waals surface area (Å²) in [6, 6.07) is 5.32. The molecule has 0 fully saturated rings. The second-order valence-corrected chi connectivity index (χ2v) is 7.39. The maximum Gasteiger partial charge on any atom is 0.232 e. The molecule has 0 radical (unpaired) electrons. The molecule has 0 aliphatic rings. The highest BCUT2D eigenvalue weighted by Crippen LogP contribution is 2.31. The highest BCUT2D eigenvalue weighted by Gasteiger charge is 2.22. The largest absolute Gasteiger partial charge is 0.495 e. The first kappa shape index (κ1) is 18.3. The number of hydrogen-bond acceptors (Lipinski definition) is 4. The third-order valence-corrected chi connectivity index (χ3v) is 4.17. The van der Waals surface area contributed by atoms with Gasteiger partial charge in [-0.15, -0.1) is 0 Å². The Morgan fingerprint density at radius 3 is 2.50 bits per heavy atom. The van der Waals surface area contributed by atoms with Gasteiger partial charge in [-0.05, 0) is 38.5 Å². The van der Waals surface area contributed by atoms with Gasteiger partial charge in [0.25, 0.3) is 0 Å². The lowest BCUT2D eigenvalue weighted by Gasteiger charge is -2.24. The van der Waals surface area contributed by atoms with Gasteiger partial charge in [0, 0.05) is 19.0 Å². The zero-order valence-electron chi connectivity index (χ0n) is 13.7. The van der Waals surface area contributed by atoms with E-state index >= 15 is 0 Å². The van der Waals surface area contributed by atoms with Crippen LogP contribution in [0.25, 0.3) is 0 Å². The van der Waals surface area contributed by atoms with E-state index < -0.39 is 10.0 Å². The third-order valence-electron chi connectivity index (χ3n) is 2.99. The number of ether oxygens (including phenoxy) is 1. The summed E-state index contributed by atoms with van der Waals surface area (Å²) < 4.78 is 30.6. The second-order valence-electron chi connectivity index (χ2n) is 5.48. The zero-order chi connectivity index (χ0) is 16.9. The Morgan fingerprint density at radius 2 is 2.00 bits per heavy atom. The van der Waals surface area contributed by atoms with Gasteiger partial charge in [0.1, 0.15) is 5.75 Å². The fourth-order valence-electron chi connectivity index (χ4n) is 2.06. The molecule has 1 aromatic rings. The average Bonchev–Trinajstić information content (AvgIpc) is 2.36. The smallest absolute Gasteiger partial charge is 0.232 e. The van der Waals surface area contributed by atoms with Gasteiger partial charge in [0.15, 0.2) is 0 Å². The van der Waals surface area contributed by atoms with Crippen LogP contribution < -0.4 is 14.4 Å². The molecule has 0 unspecified atom stereocenters. The zero-order valence-corrected chi connectivity index (χ0v) is 14.5. The maximum atomic E-state index is 12.1. The van der Waals surface area contributed by atoms with Gasteiger partial charge in [0.05, 0.1) is 19.1 Å². The minimum Gasteiger partial charge on any atom is -0.495 e. The summed E-state index contributed by atoms with van der Waals surface area (Å²) in [6.07, 6.45) is 1.21. The van der Waals surface area contributed by atoms with Gasteiger partial charge < -0.3 is 10.1 Å². The Bertz CT molecular complexity index is 626. The van der Waals surface area contributed by atoms with E-state index in [1.807, 2.05) is 26.8 Å². The number of sulfonamides is 1. The van der Waals surface area contributed by atoms with E-state index in [0.29, 0.717) is 11.4 Å². The monoisotopic (exact) mass is 328 g/mol. The molecule has 7 heteroatoms. The minimum absolute atomic E-state index is 0.0210. The van der Waals surface area contributed by atoms with Crippen LogP contribution in [-0.2, 0) is 14.8 Å². The molecule has 1 aromatic carbocycles. The van der Waals surface area contributed by atoms with Crippen molar-refractivity contribution in [3.63, 3.8) is 0 Å². The number of nitrogens with one attached hydrogen (secondary N) is 1. The maximum absolute atomic E-state index is 12.1. The van der Waals surface area contributed by atoms with Gasteiger partial charge in [-0.3, -0.25) is 9.10 Å². The van der Waals surface area contributed by atoms with Crippen molar-refractivity contribution >= 4 is 21.6 Å². The Balaban J connectivity index is 3.05. The fourth-order valence-corrected chi connectivity index (χ4v) is 2.98. The van der Waals surface area contributed by atoms with E-state index in [1.165, 1.54) is 11.4 Å². The molecule has 22 heavy (non-hydrogen) atoms. The summed E-state index contributed by atoms with van der Waals surface area (Å²) >= 11 is 0. The number of methoxy groups -OCH3 is 1. The summed E-state index contributed by atoms with van der Waals surface area (Å²) in [5, 5.41) is 2.75. The Kier molecular flexibility index (Phi) is 6.22. The molecule has 0 aliphatic carbocycles. The highest BCUT2D eigenvalue weighted by atomic mass is 32.2. The van der Waals surface area contributed by atoms with E-state index in [2.05, 4.69) is 5.32 Å². The number of amides is 1. The summed E-state index contributed by atoms with van der Waals surface area (Å²) in [5.41, 5.74) is 1.36. The van der Waals surface area contributed by atoms with Crippen LogP contribution in [0, 0.1) is 6.92 Å². The number of nitrogens with zero attached hydrogens (tertiary/aromatic N) is 1. The van der Waals surface area contributed by atoms with Crippen molar-refractivity contribution in [1.29, 1.82) is 0 Å². The van der Waals surface area contributed by atoms with Gasteiger partial charge in [-0.2, -0.15) is 0 Å². The highest BCUT2D eigenvalue weighted by molar-refractivity contribution is 7.92. The van der Waals surface area contributed by atoms with Crippen LogP contribution in [0.3, 0.4) is 0 Å². The predicted octanol–water partition coefficient (Wildman–Crippen LogP) is 1.68. The molecule has 0 saturated carbocycles. The fraction of sp³-hybridized carbons (Fsp3) is 0.533. The molecule has 6 nitrogen and oxygen atoms in total. The first-order valence-electron chi connectivity index (χ1n) is 7.07. The molecule has 1 rings (SSSR count). The molecule has 0 saturated heterocycles. The molecule has 0 atom stereocenters. The Hall–Kier alpha value is -1.76. The van der Waals surface area contributed by atoms with E-state index in [9.17, 15) is 13.2 Å². The number of aryl methyl sites for hydroxylation is 1. The van der Waals surface area contributed by atoms with Crippen molar-refractivity contribution in [2.75, 3.05) is 24.2 Å². The molecule has 124 valence electrons. The normalized spacial score (nSPS) is 11.4. The Labute approximate surface area is 132 Å². The molecular formula is C15H24N2O4S. The van der Waals surface area contributed by atoms with Crippen LogP contribution in [0.1, 0.15) is 25.8 Å². The SMILES string of the molecule is COc1ccc(C)cc1N(CCC(=O)NC(C)C)S(C)(=O)=O. The lowest BCUT2D eigenvalue weighted by molar-refractivity contribution is -0.121. The lowest BCUT2D eigenvalue weighted by Crippen LogP contribution is -2.36. The quantitative estimate of drug-likeness (QED) is 0.826. The summed E-state index contributed by atoms with van der Waals surface area (Å²) in [7, 11) is -2.03. The minimum atomic E-state index is -3.52. The summed E-state index contributed by atoms with van der Waals surface area (Å²) in [4.78, 5) is 11.8. The standard InChI is InChI=1S/C15H24N2O4S/c1-11(2)16-15(18)8-9-17(22(5,19)20)13-10-12(3)6-7-14(13)21-4/h6-7,10-11H,8-9H2,1-5H3,(H,16,18). The molecule has 0 heterocycles. The van der Waals surface area contributed by atoms with Crippen LogP contribution in [0.4, 0.5) is 5.69 Å². The van der Waals surface area contributed by atoms with Gasteiger partial charge in [-0.25, -0.2) is 8.42 Å². The number of hydrogen-bond donors (Lipinski definition) is 1. The van der Waals surface area contributed by atoms with Crippen molar-refractivity contribution in [2.45, 2.75) is 33.2 Å². The summed E-state index contributed by atoms with van der Waals surface area (Å²) in [5.74, 6) is 0.274. The van der Waals surface area contributed by atoms with Crippen LogP contribution >= 0.6 is 0 Å². The van der Waals surface area contributed by atoms with E-state index in [0.717, 1.165) is 11.8 Å². The Morgan fingerprint density at radius 1 is 1.36 bits per heavy atom. The van der Waals surface area contributed by atoms with Crippen molar-refractivity contribution < 1.29 is 17.9 Å². The topological polar surface area (TPSA) is 75.7 Å². The van der Waals surface area contributed by atoms with Crippen molar-refractivity contribution in [3.05, 3.63) is 23.8 Å². The van der Waals surface area contributed by atoms with Gasteiger partial charge >= 0.3 is 0 Å². The van der Waals surface area contributed by atoms with Crippen molar-refractivity contribution in [1.82, 2.24) is 5.32 Å². The van der Waals surface area contributed by atoms with Crippen LogP contribution in [0.2, 0.25) is 0 Å². The molecule has 0 aromatic heterocycles. The van der Waals surface area contributed by atoms with Gasteiger partial charge in [0.2, 0.25) is 15.9 Å². The van der Waals surface area contributed by atoms with Gasteiger partial charge in [-0.1, -0.05) is 6.07 Å². The van der Waals surface area contributed by atoms with Crippen LogP contribution in [0.15, 0.2) is 18.2 Å². The van der Waals surface area contributed by atoms with E-state index in [-0.39, 0.29) is 24.9 Å². The van der Waals surface area contributed by atoms with Crippen LogP contribution in [-0.4, -0.2) is 40.3 Å².